The molecular formula is C53H35N3. The lowest BCUT2D eigenvalue weighted by Gasteiger charge is -2.12. The van der Waals surface area contributed by atoms with Crippen LogP contribution in [0.25, 0.3) is 99.6 Å². The Morgan fingerprint density at radius 3 is 1.30 bits per heavy atom. The second-order valence-electron chi connectivity index (χ2n) is 14.4. The third-order valence-electron chi connectivity index (χ3n) is 11.1. The van der Waals surface area contributed by atoms with Crippen molar-refractivity contribution in [2.45, 2.75) is 0 Å². The minimum absolute atomic E-state index is 0.969. The molecule has 3 aromatic heterocycles. The van der Waals surface area contributed by atoms with E-state index in [9.17, 15) is 0 Å². The van der Waals surface area contributed by atoms with Crippen LogP contribution in [0.3, 0.4) is 0 Å². The van der Waals surface area contributed by atoms with Crippen molar-refractivity contribution < 1.29 is 0 Å². The standard InChI is InChI=1S/C53H35N3/c1-2-20-44(21-3-1)56-52-29-28-43(35-49(52)48-25-12-30-54-53(48)56)41-18-10-16-39(33-41)37-14-8-13-36(31-37)38-15-9-17-40(32-38)42-19-11-22-45(34-42)55-50-26-6-4-23-46(50)47-24-5-7-27-51(47)55/h1-35H. The van der Waals surface area contributed by atoms with E-state index in [1.54, 1.807) is 0 Å². The number of aromatic nitrogens is 3. The fourth-order valence-corrected chi connectivity index (χ4v) is 8.52. The van der Waals surface area contributed by atoms with Gasteiger partial charge in [-0.2, -0.15) is 0 Å². The summed E-state index contributed by atoms with van der Waals surface area (Å²) in [6.45, 7) is 0. The Labute approximate surface area is 325 Å². The lowest BCUT2D eigenvalue weighted by atomic mass is 9.94. The molecule has 0 aliphatic rings. The molecule has 0 saturated carbocycles. The van der Waals surface area contributed by atoms with E-state index in [2.05, 4.69) is 209 Å². The van der Waals surface area contributed by atoms with Gasteiger partial charge in [0.2, 0.25) is 0 Å². The van der Waals surface area contributed by atoms with Gasteiger partial charge < -0.3 is 4.57 Å². The van der Waals surface area contributed by atoms with Crippen molar-refractivity contribution >= 4 is 43.7 Å². The van der Waals surface area contributed by atoms with Crippen molar-refractivity contribution in [1.82, 2.24) is 14.1 Å². The number of fused-ring (bicyclic) bond motifs is 6. The lowest BCUT2D eigenvalue weighted by Crippen LogP contribution is -1.94. The molecule has 0 bridgehead atoms. The number of benzene rings is 8. The first kappa shape index (κ1) is 32.0. The monoisotopic (exact) mass is 713 g/mol. The van der Waals surface area contributed by atoms with E-state index in [4.69, 9.17) is 4.98 Å². The van der Waals surface area contributed by atoms with Gasteiger partial charge in [-0.25, -0.2) is 4.98 Å². The molecule has 8 aromatic carbocycles. The Bertz CT molecular complexity index is 3200. The van der Waals surface area contributed by atoms with Crippen molar-refractivity contribution in [1.29, 1.82) is 0 Å². The van der Waals surface area contributed by atoms with Crippen LogP contribution in [0.2, 0.25) is 0 Å². The van der Waals surface area contributed by atoms with Gasteiger partial charge in [0.05, 0.1) is 16.6 Å². The summed E-state index contributed by atoms with van der Waals surface area (Å²) in [5.74, 6) is 0. The van der Waals surface area contributed by atoms with Crippen LogP contribution >= 0.6 is 0 Å². The van der Waals surface area contributed by atoms with E-state index in [1.807, 2.05) is 12.3 Å². The summed E-state index contributed by atoms with van der Waals surface area (Å²) >= 11 is 0. The van der Waals surface area contributed by atoms with Crippen molar-refractivity contribution in [3.63, 3.8) is 0 Å². The summed E-state index contributed by atoms with van der Waals surface area (Å²) in [6, 6.07) is 74.5. The molecule has 11 aromatic rings. The van der Waals surface area contributed by atoms with Crippen LogP contribution in [0.5, 0.6) is 0 Å². The van der Waals surface area contributed by atoms with E-state index in [0.29, 0.717) is 0 Å². The van der Waals surface area contributed by atoms with Crippen LogP contribution in [-0.2, 0) is 0 Å². The minimum atomic E-state index is 0.969. The molecule has 3 heterocycles. The largest absolute Gasteiger partial charge is 0.309 e. The zero-order valence-corrected chi connectivity index (χ0v) is 30.5. The molecule has 0 fully saturated rings. The first-order chi connectivity index (χ1) is 27.8. The van der Waals surface area contributed by atoms with Gasteiger partial charge in [0.25, 0.3) is 0 Å². The summed E-state index contributed by atoms with van der Waals surface area (Å²) in [5, 5.41) is 4.89. The quantitative estimate of drug-likeness (QED) is 0.168. The number of rotatable bonds is 6. The lowest BCUT2D eigenvalue weighted by molar-refractivity contribution is 1.14. The van der Waals surface area contributed by atoms with Gasteiger partial charge in [0.1, 0.15) is 5.65 Å². The Balaban J connectivity index is 0.936. The second-order valence-corrected chi connectivity index (χ2v) is 14.4. The van der Waals surface area contributed by atoms with Gasteiger partial charge in [0, 0.05) is 39.1 Å². The molecular weight excluding hydrogens is 679 g/mol. The van der Waals surface area contributed by atoms with Crippen LogP contribution in [0.4, 0.5) is 0 Å². The maximum absolute atomic E-state index is 4.80. The molecule has 0 aliphatic carbocycles. The number of nitrogens with zero attached hydrogens (tertiary/aromatic N) is 3. The zero-order valence-electron chi connectivity index (χ0n) is 30.5. The maximum atomic E-state index is 4.80. The van der Waals surface area contributed by atoms with E-state index < -0.39 is 0 Å². The minimum Gasteiger partial charge on any atom is -0.309 e. The molecule has 0 unspecified atom stereocenters. The summed E-state index contributed by atoms with van der Waals surface area (Å²) in [5.41, 5.74) is 16.3. The van der Waals surface area contributed by atoms with Gasteiger partial charge in [0.15, 0.2) is 0 Å². The number of hydrogen-bond acceptors (Lipinski definition) is 1. The van der Waals surface area contributed by atoms with Crippen LogP contribution < -0.4 is 0 Å². The summed E-state index contributed by atoms with van der Waals surface area (Å²) in [6.07, 6.45) is 1.88. The Morgan fingerprint density at radius 2 is 0.714 bits per heavy atom. The van der Waals surface area contributed by atoms with E-state index >= 15 is 0 Å². The SMILES string of the molecule is c1ccc(-n2c3ccc(-c4cccc(-c5cccc(-c6cccc(-c7cccc(-n8c9ccccc9c9ccccc98)c7)c6)c5)c4)cc3c3cccnc32)cc1. The van der Waals surface area contributed by atoms with Crippen LogP contribution in [0, 0.1) is 0 Å². The van der Waals surface area contributed by atoms with Crippen molar-refractivity contribution in [2.24, 2.45) is 0 Å². The summed E-state index contributed by atoms with van der Waals surface area (Å²) in [7, 11) is 0. The third-order valence-corrected chi connectivity index (χ3v) is 11.1. The molecule has 3 heteroatoms. The van der Waals surface area contributed by atoms with Gasteiger partial charge in [-0.3, -0.25) is 4.57 Å². The predicted octanol–water partition coefficient (Wildman–Crippen LogP) is 13.9. The predicted molar refractivity (Wildman–Crippen MR) is 235 cm³/mol. The first-order valence-electron chi connectivity index (χ1n) is 19.1. The van der Waals surface area contributed by atoms with Crippen LogP contribution in [0.1, 0.15) is 0 Å². The fourth-order valence-electron chi connectivity index (χ4n) is 8.52. The molecule has 262 valence electrons. The van der Waals surface area contributed by atoms with Crippen LogP contribution in [0.15, 0.2) is 212 Å². The van der Waals surface area contributed by atoms with Crippen molar-refractivity contribution in [3.8, 4) is 55.9 Å². The second kappa shape index (κ2) is 13.1. The molecule has 0 amide bonds. The summed E-state index contributed by atoms with van der Waals surface area (Å²) < 4.78 is 4.64. The number of pyridine rings is 1. The smallest absolute Gasteiger partial charge is 0.145 e. The highest BCUT2D eigenvalue weighted by molar-refractivity contribution is 6.10. The average Bonchev–Trinajstić information content (AvgIpc) is 3.80. The Kier molecular flexibility index (Phi) is 7.49. The molecule has 0 radical (unpaired) electrons. The van der Waals surface area contributed by atoms with Crippen LogP contribution in [-0.4, -0.2) is 14.1 Å². The molecule has 56 heavy (non-hydrogen) atoms. The normalized spacial score (nSPS) is 11.6. The number of para-hydroxylation sites is 3. The molecule has 3 nitrogen and oxygen atoms in total. The van der Waals surface area contributed by atoms with Crippen molar-refractivity contribution in [3.05, 3.63) is 212 Å². The molecule has 11 rings (SSSR count). The van der Waals surface area contributed by atoms with E-state index in [1.165, 1.54) is 71.7 Å². The molecule has 0 atom stereocenters. The van der Waals surface area contributed by atoms with Gasteiger partial charge >= 0.3 is 0 Å². The Morgan fingerprint density at radius 1 is 0.268 bits per heavy atom. The van der Waals surface area contributed by atoms with Crippen molar-refractivity contribution in [2.75, 3.05) is 0 Å². The molecule has 0 aliphatic heterocycles. The topological polar surface area (TPSA) is 22.8 Å². The highest BCUT2D eigenvalue weighted by atomic mass is 15.0. The summed E-state index contributed by atoms with van der Waals surface area (Å²) in [4.78, 5) is 4.80. The van der Waals surface area contributed by atoms with Gasteiger partial charge in [-0.1, -0.05) is 127 Å². The molecule has 0 N–H and O–H groups in total. The Hall–Kier alpha value is -7.49. The zero-order chi connectivity index (χ0) is 37.0. The third kappa shape index (κ3) is 5.32. The van der Waals surface area contributed by atoms with Gasteiger partial charge in [-0.05, 0) is 123 Å². The highest BCUT2D eigenvalue weighted by Crippen LogP contribution is 2.37. The van der Waals surface area contributed by atoms with E-state index in [0.717, 1.165) is 27.9 Å². The fraction of sp³-hybridized carbons (Fsp3) is 0. The van der Waals surface area contributed by atoms with E-state index in [-0.39, 0.29) is 0 Å². The molecule has 0 spiro atoms. The maximum Gasteiger partial charge on any atom is 0.145 e. The highest BCUT2D eigenvalue weighted by Gasteiger charge is 2.15. The first-order valence-corrected chi connectivity index (χ1v) is 19.1. The number of hydrogen-bond donors (Lipinski definition) is 0. The molecule has 0 saturated heterocycles. The average molecular weight is 714 g/mol. The van der Waals surface area contributed by atoms with Gasteiger partial charge in [-0.15, -0.1) is 0 Å².